The quantitative estimate of drug-likeness (QED) is 0.466. The fourth-order valence-corrected chi connectivity index (χ4v) is 6.27. The van der Waals surface area contributed by atoms with E-state index in [1.54, 1.807) is 24.3 Å². The molecule has 4 nitrogen and oxygen atoms in total. The van der Waals surface area contributed by atoms with Crippen LogP contribution in [0.3, 0.4) is 0 Å². The molecule has 4 aliphatic rings. The highest BCUT2D eigenvalue weighted by Crippen LogP contribution is 2.64. The summed E-state index contributed by atoms with van der Waals surface area (Å²) in [4.78, 5) is 40.9. The zero-order chi connectivity index (χ0) is 21.5. The molecule has 4 heteroatoms. The lowest BCUT2D eigenvalue weighted by molar-refractivity contribution is -0.123. The highest BCUT2D eigenvalue weighted by molar-refractivity contribution is 6.24. The Morgan fingerprint density at radius 3 is 2.06 bits per heavy atom. The van der Waals surface area contributed by atoms with Crippen LogP contribution in [0.25, 0.3) is 0 Å². The Morgan fingerprint density at radius 1 is 0.839 bits per heavy atom. The normalized spacial score (nSPS) is 27.7. The monoisotopic (exact) mass is 407 g/mol. The van der Waals surface area contributed by atoms with Crippen molar-refractivity contribution in [3.8, 4) is 0 Å². The summed E-state index contributed by atoms with van der Waals surface area (Å²) in [6.45, 7) is 3.60. The summed E-state index contributed by atoms with van der Waals surface area (Å²) in [7, 11) is 0. The number of hydrogen-bond donors (Lipinski definition) is 0. The second-order valence-corrected chi connectivity index (χ2v) is 8.98. The van der Waals surface area contributed by atoms with Crippen molar-refractivity contribution < 1.29 is 14.4 Å². The molecule has 0 radical (unpaired) electrons. The summed E-state index contributed by atoms with van der Waals surface area (Å²) in [5.41, 5.74) is 4.96. The summed E-state index contributed by atoms with van der Waals surface area (Å²) < 4.78 is 0. The molecule has 0 saturated carbocycles. The molecule has 7 rings (SSSR count). The molecule has 0 spiro atoms. The standard InChI is InChI=1S/C27H21NO3/c1-15(29)16-8-7-9-17(14-16)28-25(30)23-22-18-10-3-5-12-20(18)27(2,24(23)26(28)31)21-13-6-4-11-19(21)22/h3-14,22-24H,1-2H3/t22?,23-,24+,27?/m1/s1. The Morgan fingerprint density at radius 2 is 1.45 bits per heavy atom. The number of ketones is 1. The zero-order valence-corrected chi connectivity index (χ0v) is 17.3. The highest BCUT2D eigenvalue weighted by Gasteiger charge is 2.66. The number of carbonyl (C=O) groups is 3. The molecule has 0 aromatic heterocycles. The number of benzene rings is 3. The summed E-state index contributed by atoms with van der Waals surface area (Å²) in [6.07, 6.45) is 0. The topological polar surface area (TPSA) is 54.5 Å². The van der Waals surface area contributed by atoms with Gasteiger partial charge in [-0.1, -0.05) is 67.6 Å². The van der Waals surface area contributed by atoms with E-state index >= 15 is 0 Å². The fourth-order valence-electron chi connectivity index (χ4n) is 6.27. The number of carbonyl (C=O) groups excluding carboxylic acids is 3. The molecular formula is C27H21NO3. The third-order valence-electron chi connectivity index (χ3n) is 7.55. The molecule has 0 unspecified atom stereocenters. The largest absolute Gasteiger partial charge is 0.295 e. The minimum Gasteiger partial charge on any atom is -0.295 e. The summed E-state index contributed by atoms with van der Waals surface area (Å²) in [6, 6.07) is 23.3. The van der Waals surface area contributed by atoms with Crippen molar-refractivity contribution in [3.05, 3.63) is 101 Å². The van der Waals surface area contributed by atoms with Crippen LogP contribution in [-0.2, 0) is 15.0 Å². The average Bonchev–Trinajstić information content (AvgIpc) is 3.06. The number of imide groups is 1. The van der Waals surface area contributed by atoms with E-state index in [1.165, 1.54) is 11.8 Å². The summed E-state index contributed by atoms with van der Waals surface area (Å²) in [5, 5.41) is 0. The smallest absolute Gasteiger partial charge is 0.238 e. The highest BCUT2D eigenvalue weighted by atomic mass is 16.2. The van der Waals surface area contributed by atoms with Gasteiger partial charge in [0, 0.05) is 16.9 Å². The van der Waals surface area contributed by atoms with E-state index in [-0.39, 0.29) is 23.5 Å². The van der Waals surface area contributed by atoms with Crippen molar-refractivity contribution in [2.24, 2.45) is 11.8 Å². The fraction of sp³-hybridized carbons (Fsp3) is 0.222. The Labute approximate surface area is 180 Å². The first-order valence-electron chi connectivity index (χ1n) is 10.6. The number of rotatable bonds is 2. The maximum atomic E-state index is 13.9. The van der Waals surface area contributed by atoms with Gasteiger partial charge in [-0.05, 0) is 41.3 Å². The van der Waals surface area contributed by atoms with Gasteiger partial charge in [-0.3, -0.25) is 14.4 Å². The number of Topliss-reactive ketones (excluding diaryl/α,β-unsaturated/α-hetero) is 1. The molecule has 0 N–H and O–H groups in total. The second kappa shape index (κ2) is 6.01. The molecule has 1 fully saturated rings. The van der Waals surface area contributed by atoms with E-state index in [4.69, 9.17) is 0 Å². The van der Waals surface area contributed by atoms with Crippen molar-refractivity contribution in [1.82, 2.24) is 0 Å². The van der Waals surface area contributed by atoms with E-state index in [1.807, 2.05) is 24.3 Å². The maximum absolute atomic E-state index is 13.9. The number of amides is 2. The van der Waals surface area contributed by atoms with Crippen LogP contribution in [0.4, 0.5) is 5.69 Å². The molecule has 1 saturated heterocycles. The molecule has 2 atom stereocenters. The van der Waals surface area contributed by atoms with Gasteiger partial charge in [-0.2, -0.15) is 0 Å². The van der Waals surface area contributed by atoms with Crippen molar-refractivity contribution in [1.29, 1.82) is 0 Å². The van der Waals surface area contributed by atoms with Crippen molar-refractivity contribution in [2.75, 3.05) is 4.90 Å². The van der Waals surface area contributed by atoms with Crippen LogP contribution in [0.2, 0.25) is 0 Å². The predicted octanol–water partition coefficient (Wildman–Crippen LogP) is 4.46. The minimum absolute atomic E-state index is 0.0924. The first-order chi connectivity index (χ1) is 14.9. The first-order valence-corrected chi connectivity index (χ1v) is 10.6. The third-order valence-corrected chi connectivity index (χ3v) is 7.55. The van der Waals surface area contributed by atoms with E-state index < -0.39 is 17.3 Å². The van der Waals surface area contributed by atoms with Gasteiger partial charge >= 0.3 is 0 Å². The summed E-state index contributed by atoms with van der Waals surface area (Å²) >= 11 is 0. The Balaban J connectivity index is 1.58. The SMILES string of the molecule is CC(=O)c1cccc(N2C(=O)[C@@H]3C4c5ccccc5C(C)(c5ccccc54)[C@@H]3C2=O)c1. The van der Waals surface area contributed by atoms with E-state index in [0.29, 0.717) is 11.3 Å². The van der Waals surface area contributed by atoms with Crippen molar-refractivity contribution >= 4 is 23.3 Å². The predicted molar refractivity (Wildman–Crippen MR) is 117 cm³/mol. The average molecular weight is 407 g/mol. The molecule has 1 heterocycles. The van der Waals surface area contributed by atoms with Crippen LogP contribution in [0.15, 0.2) is 72.8 Å². The number of nitrogens with zero attached hydrogens (tertiary/aromatic N) is 1. The molecule has 2 bridgehead atoms. The van der Waals surface area contributed by atoms with Gasteiger partial charge in [0.05, 0.1) is 17.5 Å². The Kier molecular flexibility index (Phi) is 3.54. The molecule has 3 aromatic rings. The maximum Gasteiger partial charge on any atom is 0.238 e. The van der Waals surface area contributed by atoms with Crippen LogP contribution >= 0.6 is 0 Å². The van der Waals surface area contributed by atoms with E-state index in [2.05, 4.69) is 31.2 Å². The van der Waals surface area contributed by atoms with Gasteiger partial charge in [0.25, 0.3) is 0 Å². The Bertz CT molecular complexity index is 1260. The van der Waals surface area contributed by atoms with Crippen LogP contribution in [0.5, 0.6) is 0 Å². The van der Waals surface area contributed by atoms with Gasteiger partial charge in [0.15, 0.2) is 5.78 Å². The lowest BCUT2D eigenvalue weighted by Crippen LogP contribution is -2.51. The third kappa shape index (κ3) is 2.12. The Hall–Kier alpha value is -3.53. The molecule has 152 valence electrons. The van der Waals surface area contributed by atoms with E-state index in [0.717, 1.165) is 22.3 Å². The van der Waals surface area contributed by atoms with Crippen LogP contribution in [0, 0.1) is 11.8 Å². The minimum atomic E-state index is -0.577. The van der Waals surface area contributed by atoms with Gasteiger partial charge in [0.1, 0.15) is 0 Å². The molecule has 1 aliphatic heterocycles. The van der Waals surface area contributed by atoms with Gasteiger partial charge in [0.2, 0.25) is 11.8 Å². The first kappa shape index (κ1) is 18.3. The lowest BCUT2D eigenvalue weighted by atomic mass is 9.48. The van der Waals surface area contributed by atoms with E-state index in [9.17, 15) is 14.4 Å². The van der Waals surface area contributed by atoms with Crippen LogP contribution in [-0.4, -0.2) is 17.6 Å². The van der Waals surface area contributed by atoms with Crippen molar-refractivity contribution in [2.45, 2.75) is 25.2 Å². The zero-order valence-electron chi connectivity index (χ0n) is 17.3. The molecular weight excluding hydrogens is 386 g/mol. The van der Waals surface area contributed by atoms with Crippen LogP contribution < -0.4 is 4.90 Å². The second-order valence-electron chi connectivity index (χ2n) is 8.98. The van der Waals surface area contributed by atoms with Gasteiger partial charge in [-0.25, -0.2) is 4.90 Å². The van der Waals surface area contributed by atoms with Gasteiger partial charge < -0.3 is 0 Å². The van der Waals surface area contributed by atoms with Crippen LogP contribution in [0.1, 0.15) is 52.4 Å². The number of anilines is 1. The number of hydrogen-bond acceptors (Lipinski definition) is 3. The van der Waals surface area contributed by atoms with Crippen molar-refractivity contribution in [3.63, 3.8) is 0 Å². The molecule has 2 amide bonds. The lowest BCUT2D eigenvalue weighted by Gasteiger charge is -2.52. The molecule has 31 heavy (non-hydrogen) atoms. The molecule has 3 aliphatic carbocycles. The summed E-state index contributed by atoms with van der Waals surface area (Å²) in [5.74, 6) is -1.48. The van der Waals surface area contributed by atoms with Gasteiger partial charge in [-0.15, -0.1) is 0 Å². The molecule has 3 aromatic carbocycles.